The van der Waals surface area contributed by atoms with Gasteiger partial charge < -0.3 is 14.7 Å². The monoisotopic (exact) mass is 621 g/mol. The Hall–Kier alpha value is -2.23. The van der Waals surface area contributed by atoms with Crippen molar-refractivity contribution < 1.29 is 23.8 Å². The first-order chi connectivity index (χ1) is 19.6. The van der Waals surface area contributed by atoms with Crippen LogP contribution in [0.15, 0.2) is 42.5 Å². The SMILES string of the molecule is Cc1ccc([C@H](C)[C@@H](C(=O)O)N2CCN(C(=O)[C@@H]3CN(C4CCOCC4)C[C@H]3c3ccc(Cl)cc3F)[C@@H](C)C2)cc1.Cl. The highest BCUT2D eigenvalue weighted by Crippen LogP contribution is 2.39. The number of carbonyl (C=O) groups is 2. The molecule has 1 N–H and O–H groups in total. The highest BCUT2D eigenvalue weighted by Gasteiger charge is 2.46. The minimum atomic E-state index is -0.855. The van der Waals surface area contributed by atoms with E-state index in [1.54, 1.807) is 12.1 Å². The second-order valence-electron chi connectivity index (χ2n) is 12.0. The summed E-state index contributed by atoms with van der Waals surface area (Å²) in [4.78, 5) is 32.9. The molecule has 0 bridgehead atoms. The van der Waals surface area contributed by atoms with Crippen molar-refractivity contribution in [2.45, 2.75) is 63.6 Å². The van der Waals surface area contributed by atoms with Crippen LogP contribution in [0.3, 0.4) is 0 Å². The van der Waals surface area contributed by atoms with Crippen molar-refractivity contribution in [1.82, 2.24) is 14.7 Å². The standard InChI is InChI=1S/C32H41ClFN3O4.ClH/c1-20-4-6-23(7-5-20)22(3)30(32(39)40)35-12-13-37(21(2)17-35)31(38)28-19-36(25-10-14-41-15-11-25)18-27(28)26-9-8-24(33)16-29(26)34;/h4-9,16,21-22,25,27-28,30H,10-15,17-19H2,1-3H3,(H,39,40);1H/t21-,22-,27-,28+,30-;/m0./s1. The lowest BCUT2D eigenvalue weighted by atomic mass is 9.87. The van der Waals surface area contributed by atoms with Crippen molar-refractivity contribution >= 4 is 35.9 Å². The summed E-state index contributed by atoms with van der Waals surface area (Å²) in [5.41, 5.74) is 2.65. The Morgan fingerprint density at radius 3 is 2.36 bits per heavy atom. The van der Waals surface area contributed by atoms with Gasteiger partial charge in [-0.05, 0) is 49.9 Å². The number of hydrogen-bond donors (Lipinski definition) is 1. The van der Waals surface area contributed by atoms with E-state index in [9.17, 15) is 14.7 Å². The van der Waals surface area contributed by atoms with Crippen molar-refractivity contribution in [3.63, 3.8) is 0 Å². The van der Waals surface area contributed by atoms with Crippen molar-refractivity contribution in [2.75, 3.05) is 45.9 Å². The lowest BCUT2D eigenvalue weighted by Gasteiger charge is -2.44. The topological polar surface area (TPSA) is 73.3 Å². The van der Waals surface area contributed by atoms with Crippen LogP contribution < -0.4 is 0 Å². The van der Waals surface area contributed by atoms with Gasteiger partial charge in [0.25, 0.3) is 0 Å². The second kappa shape index (κ2) is 14.0. The van der Waals surface area contributed by atoms with Crippen LogP contribution in [0.2, 0.25) is 5.02 Å². The fraction of sp³-hybridized carbons (Fsp3) is 0.562. The second-order valence-corrected chi connectivity index (χ2v) is 12.5. The molecule has 3 aliphatic rings. The van der Waals surface area contributed by atoms with E-state index in [1.807, 2.05) is 54.8 Å². The molecule has 7 nitrogen and oxygen atoms in total. The van der Waals surface area contributed by atoms with Crippen molar-refractivity contribution in [3.05, 3.63) is 70.0 Å². The predicted molar refractivity (Wildman–Crippen MR) is 164 cm³/mol. The van der Waals surface area contributed by atoms with E-state index >= 15 is 4.39 Å². The van der Waals surface area contributed by atoms with E-state index in [1.165, 1.54) is 6.07 Å². The molecule has 0 spiro atoms. The number of carboxylic acid groups (broad SMARTS) is 1. The fourth-order valence-electron chi connectivity index (χ4n) is 7.07. The predicted octanol–water partition coefficient (Wildman–Crippen LogP) is 5.19. The molecule has 0 aromatic heterocycles. The normalized spacial score (nSPS) is 25.5. The number of aliphatic carboxylic acids is 1. The third-order valence-electron chi connectivity index (χ3n) is 9.40. The Morgan fingerprint density at radius 1 is 1.05 bits per heavy atom. The summed E-state index contributed by atoms with van der Waals surface area (Å²) < 4.78 is 20.7. The van der Waals surface area contributed by atoms with Crippen LogP contribution in [0.1, 0.15) is 55.2 Å². The molecule has 0 aliphatic carbocycles. The zero-order valence-electron chi connectivity index (χ0n) is 24.5. The number of benzene rings is 2. The first kappa shape index (κ1) is 32.7. The van der Waals surface area contributed by atoms with E-state index in [0.717, 1.165) is 24.0 Å². The molecule has 5 atom stereocenters. The Kier molecular flexibility index (Phi) is 10.9. The minimum absolute atomic E-state index is 0. The van der Waals surface area contributed by atoms with Crippen LogP contribution in [0.4, 0.5) is 4.39 Å². The highest BCUT2D eigenvalue weighted by molar-refractivity contribution is 6.30. The first-order valence-electron chi connectivity index (χ1n) is 14.7. The summed E-state index contributed by atoms with van der Waals surface area (Å²) in [6, 6.07) is 12.2. The summed E-state index contributed by atoms with van der Waals surface area (Å²) in [5, 5.41) is 10.6. The van der Waals surface area contributed by atoms with Gasteiger partial charge in [-0.2, -0.15) is 0 Å². The molecule has 3 fully saturated rings. The van der Waals surface area contributed by atoms with Gasteiger partial charge in [0.05, 0.1) is 5.92 Å². The summed E-state index contributed by atoms with van der Waals surface area (Å²) in [6.45, 7) is 9.93. The van der Waals surface area contributed by atoms with Crippen molar-refractivity contribution in [1.29, 1.82) is 0 Å². The zero-order valence-corrected chi connectivity index (χ0v) is 26.1. The van der Waals surface area contributed by atoms with Gasteiger partial charge in [0, 0.05) is 74.9 Å². The number of amides is 1. The Bertz CT molecular complexity index is 1240. The number of piperazine rings is 1. The van der Waals surface area contributed by atoms with Gasteiger partial charge >= 0.3 is 5.97 Å². The van der Waals surface area contributed by atoms with Crippen molar-refractivity contribution in [3.8, 4) is 0 Å². The molecule has 3 heterocycles. The Labute approximate surface area is 259 Å². The summed E-state index contributed by atoms with van der Waals surface area (Å²) in [6.07, 6.45) is 1.81. The van der Waals surface area contributed by atoms with Crippen LogP contribution >= 0.6 is 24.0 Å². The number of likely N-dealkylation sites (tertiary alicyclic amines) is 1. The van der Waals surface area contributed by atoms with E-state index < -0.39 is 12.0 Å². The largest absolute Gasteiger partial charge is 0.480 e. The molecule has 230 valence electrons. The molecular weight excluding hydrogens is 580 g/mol. The maximum atomic E-state index is 15.2. The maximum absolute atomic E-state index is 15.2. The molecule has 3 aliphatic heterocycles. The van der Waals surface area contributed by atoms with Crippen LogP contribution in [-0.2, 0) is 14.3 Å². The molecule has 2 aromatic carbocycles. The molecule has 0 unspecified atom stereocenters. The molecule has 1 amide bonds. The van der Waals surface area contributed by atoms with E-state index in [-0.39, 0.29) is 47.9 Å². The first-order valence-corrected chi connectivity index (χ1v) is 15.1. The van der Waals surface area contributed by atoms with E-state index in [2.05, 4.69) is 4.90 Å². The minimum Gasteiger partial charge on any atom is -0.480 e. The molecule has 0 saturated carbocycles. The number of rotatable bonds is 7. The quantitative estimate of drug-likeness (QED) is 0.458. The Morgan fingerprint density at radius 2 is 1.74 bits per heavy atom. The number of aryl methyl sites for hydroxylation is 1. The van der Waals surface area contributed by atoms with Gasteiger partial charge in [0.15, 0.2) is 0 Å². The van der Waals surface area contributed by atoms with Crippen LogP contribution in [0.5, 0.6) is 0 Å². The number of carbonyl (C=O) groups excluding carboxylic acids is 1. The maximum Gasteiger partial charge on any atom is 0.321 e. The lowest BCUT2D eigenvalue weighted by molar-refractivity contribution is -0.147. The van der Waals surface area contributed by atoms with Crippen LogP contribution in [0.25, 0.3) is 0 Å². The molecule has 0 radical (unpaired) electrons. The van der Waals surface area contributed by atoms with Crippen LogP contribution in [-0.4, -0.2) is 95.7 Å². The molecule has 5 rings (SSSR count). The third kappa shape index (κ3) is 6.94. The summed E-state index contributed by atoms with van der Waals surface area (Å²) in [7, 11) is 0. The van der Waals surface area contributed by atoms with Gasteiger partial charge in [-0.25, -0.2) is 4.39 Å². The summed E-state index contributed by atoms with van der Waals surface area (Å²) in [5.74, 6) is -2.08. The van der Waals surface area contributed by atoms with Gasteiger partial charge in [0.2, 0.25) is 5.91 Å². The van der Waals surface area contributed by atoms with Gasteiger partial charge in [-0.1, -0.05) is 54.4 Å². The summed E-state index contributed by atoms with van der Waals surface area (Å²) >= 11 is 6.06. The average Bonchev–Trinajstić information content (AvgIpc) is 3.39. The molecular formula is C32H42Cl2FN3O4. The number of nitrogens with zero attached hydrogens (tertiary/aromatic N) is 3. The smallest absolute Gasteiger partial charge is 0.321 e. The third-order valence-corrected chi connectivity index (χ3v) is 9.63. The molecule has 42 heavy (non-hydrogen) atoms. The van der Waals surface area contributed by atoms with Gasteiger partial charge in [-0.3, -0.25) is 19.4 Å². The molecule has 10 heteroatoms. The zero-order chi connectivity index (χ0) is 29.3. The number of hydrogen-bond acceptors (Lipinski definition) is 5. The fourth-order valence-corrected chi connectivity index (χ4v) is 7.23. The number of ether oxygens (including phenoxy) is 1. The van der Waals surface area contributed by atoms with Gasteiger partial charge in [0.1, 0.15) is 11.9 Å². The molecule has 3 saturated heterocycles. The lowest BCUT2D eigenvalue weighted by Crippen LogP contribution is -2.60. The van der Waals surface area contributed by atoms with Crippen molar-refractivity contribution in [2.24, 2.45) is 5.92 Å². The number of halogens is 3. The highest BCUT2D eigenvalue weighted by atomic mass is 35.5. The molecule has 2 aromatic rings. The average molecular weight is 623 g/mol. The van der Waals surface area contributed by atoms with E-state index in [4.69, 9.17) is 16.3 Å². The van der Waals surface area contributed by atoms with Gasteiger partial charge in [-0.15, -0.1) is 12.4 Å². The van der Waals surface area contributed by atoms with Crippen LogP contribution in [0, 0.1) is 18.7 Å². The van der Waals surface area contributed by atoms with E-state index in [0.29, 0.717) is 62.6 Å². The Balaban J connectivity index is 0.00000405. The number of carboxylic acids is 1.